The Morgan fingerprint density at radius 2 is 2.09 bits per heavy atom. The van der Waals surface area contributed by atoms with E-state index in [1.54, 1.807) is 26.2 Å². The van der Waals surface area contributed by atoms with Crippen molar-refractivity contribution in [3.63, 3.8) is 0 Å². The van der Waals surface area contributed by atoms with Crippen LogP contribution >= 0.6 is 0 Å². The number of hydrogen-bond donors (Lipinski definition) is 2. The SMILES string of the molecule is Cc1ccc(C(=O)N(C)C)cc1NCC(=O)N1CCNC1=O. The van der Waals surface area contributed by atoms with Crippen molar-refractivity contribution in [2.75, 3.05) is 39.0 Å². The molecule has 1 aromatic rings. The van der Waals surface area contributed by atoms with Gasteiger partial charge in [0.25, 0.3) is 5.91 Å². The number of carbonyl (C=O) groups is 3. The summed E-state index contributed by atoms with van der Waals surface area (Å²) in [6.45, 7) is 2.76. The van der Waals surface area contributed by atoms with Crippen molar-refractivity contribution in [2.24, 2.45) is 0 Å². The quantitative estimate of drug-likeness (QED) is 0.856. The van der Waals surface area contributed by atoms with E-state index < -0.39 is 0 Å². The van der Waals surface area contributed by atoms with Gasteiger partial charge in [0.1, 0.15) is 0 Å². The topological polar surface area (TPSA) is 81.8 Å². The Bertz CT molecular complexity index is 613. The van der Waals surface area contributed by atoms with Gasteiger partial charge in [0, 0.05) is 38.4 Å². The highest BCUT2D eigenvalue weighted by molar-refractivity contribution is 5.98. The Balaban J connectivity index is 2.06. The van der Waals surface area contributed by atoms with Gasteiger partial charge in [-0.25, -0.2) is 4.79 Å². The second kappa shape index (κ2) is 6.46. The summed E-state index contributed by atoms with van der Waals surface area (Å²) in [6.07, 6.45) is 0. The van der Waals surface area contributed by atoms with E-state index in [-0.39, 0.29) is 24.4 Å². The Labute approximate surface area is 129 Å². The number of aryl methyl sites for hydroxylation is 1. The third kappa shape index (κ3) is 3.36. The van der Waals surface area contributed by atoms with Crippen LogP contribution in [0.5, 0.6) is 0 Å². The molecule has 0 saturated carbocycles. The number of rotatable bonds is 4. The van der Waals surface area contributed by atoms with Gasteiger partial charge >= 0.3 is 6.03 Å². The van der Waals surface area contributed by atoms with Crippen LogP contribution in [0.3, 0.4) is 0 Å². The van der Waals surface area contributed by atoms with Crippen molar-refractivity contribution in [3.05, 3.63) is 29.3 Å². The molecule has 0 radical (unpaired) electrons. The van der Waals surface area contributed by atoms with Crippen LogP contribution in [0.2, 0.25) is 0 Å². The zero-order chi connectivity index (χ0) is 16.3. The van der Waals surface area contributed by atoms with Gasteiger partial charge in [-0.1, -0.05) is 6.07 Å². The summed E-state index contributed by atoms with van der Waals surface area (Å²) in [5.74, 6) is -0.396. The summed E-state index contributed by atoms with van der Waals surface area (Å²) >= 11 is 0. The molecule has 1 saturated heterocycles. The van der Waals surface area contributed by atoms with Gasteiger partial charge in [0.05, 0.1) is 6.54 Å². The predicted molar refractivity (Wildman–Crippen MR) is 82.8 cm³/mol. The second-order valence-corrected chi connectivity index (χ2v) is 5.36. The van der Waals surface area contributed by atoms with Gasteiger partial charge in [0.2, 0.25) is 5.91 Å². The number of anilines is 1. The van der Waals surface area contributed by atoms with Crippen molar-refractivity contribution in [2.45, 2.75) is 6.92 Å². The van der Waals surface area contributed by atoms with E-state index in [0.717, 1.165) is 5.56 Å². The van der Waals surface area contributed by atoms with E-state index in [4.69, 9.17) is 0 Å². The van der Waals surface area contributed by atoms with E-state index in [0.29, 0.717) is 24.3 Å². The highest BCUT2D eigenvalue weighted by Crippen LogP contribution is 2.17. The van der Waals surface area contributed by atoms with Crippen LogP contribution in [0.15, 0.2) is 18.2 Å². The van der Waals surface area contributed by atoms with Crippen molar-refractivity contribution in [1.29, 1.82) is 0 Å². The van der Waals surface area contributed by atoms with Crippen molar-refractivity contribution < 1.29 is 14.4 Å². The molecule has 2 rings (SSSR count). The van der Waals surface area contributed by atoms with E-state index in [9.17, 15) is 14.4 Å². The maximum absolute atomic E-state index is 12.0. The number of benzene rings is 1. The summed E-state index contributed by atoms with van der Waals surface area (Å²) in [4.78, 5) is 38.1. The molecular weight excluding hydrogens is 284 g/mol. The molecular formula is C15H20N4O3. The molecule has 1 aliphatic rings. The molecule has 1 aliphatic heterocycles. The summed E-state index contributed by atoms with van der Waals surface area (Å²) in [5, 5.41) is 5.59. The van der Waals surface area contributed by atoms with Crippen LogP contribution in [0.4, 0.5) is 10.5 Å². The molecule has 1 aromatic carbocycles. The van der Waals surface area contributed by atoms with Gasteiger partial charge in [-0.2, -0.15) is 0 Å². The van der Waals surface area contributed by atoms with E-state index in [2.05, 4.69) is 10.6 Å². The third-order valence-electron chi connectivity index (χ3n) is 3.48. The summed E-state index contributed by atoms with van der Waals surface area (Å²) in [6, 6.07) is 4.93. The van der Waals surface area contributed by atoms with E-state index in [1.807, 2.05) is 13.0 Å². The lowest BCUT2D eigenvalue weighted by Crippen LogP contribution is -2.38. The molecule has 118 valence electrons. The lowest BCUT2D eigenvalue weighted by atomic mass is 10.1. The monoisotopic (exact) mass is 304 g/mol. The minimum Gasteiger partial charge on any atom is -0.376 e. The largest absolute Gasteiger partial charge is 0.376 e. The van der Waals surface area contributed by atoms with E-state index in [1.165, 1.54) is 9.80 Å². The Kier molecular flexibility index (Phi) is 4.65. The highest BCUT2D eigenvalue weighted by Gasteiger charge is 2.25. The first kappa shape index (κ1) is 15.8. The predicted octanol–water partition coefficient (Wildman–Crippen LogP) is 0.661. The summed E-state index contributed by atoms with van der Waals surface area (Å²) < 4.78 is 0. The average molecular weight is 304 g/mol. The fourth-order valence-electron chi connectivity index (χ4n) is 2.18. The van der Waals surface area contributed by atoms with Gasteiger partial charge in [0.15, 0.2) is 0 Å². The number of hydrogen-bond acceptors (Lipinski definition) is 4. The second-order valence-electron chi connectivity index (χ2n) is 5.36. The van der Waals surface area contributed by atoms with Crippen molar-refractivity contribution >= 4 is 23.5 Å². The molecule has 7 nitrogen and oxygen atoms in total. The number of nitrogens with one attached hydrogen (secondary N) is 2. The zero-order valence-electron chi connectivity index (χ0n) is 13.0. The standard InChI is InChI=1S/C15H20N4O3/c1-10-4-5-11(14(21)18(2)3)8-12(10)17-9-13(20)19-7-6-16-15(19)22/h4-5,8,17H,6-7,9H2,1-3H3,(H,16,22). The Morgan fingerprint density at radius 1 is 1.36 bits per heavy atom. The maximum Gasteiger partial charge on any atom is 0.324 e. The summed E-state index contributed by atoms with van der Waals surface area (Å²) in [5.41, 5.74) is 2.18. The zero-order valence-corrected chi connectivity index (χ0v) is 13.0. The molecule has 0 aliphatic carbocycles. The number of amides is 4. The number of urea groups is 1. The fraction of sp³-hybridized carbons (Fsp3) is 0.400. The average Bonchev–Trinajstić information content (AvgIpc) is 2.91. The molecule has 1 heterocycles. The molecule has 22 heavy (non-hydrogen) atoms. The Morgan fingerprint density at radius 3 is 2.68 bits per heavy atom. The molecule has 4 amide bonds. The van der Waals surface area contributed by atoms with Crippen LogP contribution in [-0.2, 0) is 4.79 Å². The summed E-state index contributed by atoms with van der Waals surface area (Å²) in [7, 11) is 3.37. The normalized spacial score (nSPS) is 13.8. The molecule has 0 unspecified atom stereocenters. The van der Waals surface area contributed by atoms with Crippen LogP contribution in [-0.4, -0.2) is 61.4 Å². The lowest BCUT2D eigenvalue weighted by Gasteiger charge is -2.16. The van der Waals surface area contributed by atoms with Crippen LogP contribution in [0.25, 0.3) is 0 Å². The van der Waals surface area contributed by atoms with Gasteiger partial charge in [-0.15, -0.1) is 0 Å². The smallest absolute Gasteiger partial charge is 0.324 e. The van der Waals surface area contributed by atoms with E-state index >= 15 is 0 Å². The highest BCUT2D eigenvalue weighted by atomic mass is 16.2. The minimum absolute atomic E-state index is 0.00781. The van der Waals surface area contributed by atoms with Crippen molar-refractivity contribution in [3.8, 4) is 0 Å². The Hall–Kier alpha value is -2.57. The van der Waals surface area contributed by atoms with Crippen LogP contribution in [0.1, 0.15) is 15.9 Å². The molecule has 7 heteroatoms. The fourth-order valence-corrected chi connectivity index (χ4v) is 2.18. The third-order valence-corrected chi connectivity index (χ3v) is 3.48. The van der Waals surface area contributed by atoms with Crippen LogP contribution in [0, 0.1) is 6.92 Å². The van der Waals surface area contributed by atoms with Crippen LogP contribution < -0.4 is 10.6 Å². The van der Waals surface area contributed by atoms with Gasteiger partial charge in [-0.3, -0.25) is 14.5 Å². The number of carbonyl (C=O) groups excluding carboxylic acids is 3. The number of imide groups is 1. The molecule has 2 N–H and O–H groups in total. The number of nitrogens with zero attached hydrogens (tertiary/aromatic N) is 2. The first-order valence-corrected chi connectivity index (χ1v) is 7.04. The lowest BCUT2D eigenvalue weighted by molar-refractivity contribution is -0.125. The first-order valence-electron chi connectivity index (χ1n) is 7.04. The van der Waals surface area contributed by atoms with Gasteiger partial charge < -0.3 is 15.5 Å². The molecule has 0 bridgehead atoms. The molecule has 0 spiro atoms. The first-order chi connectivity index (χ1) is 10.4. The minimum atomic E-state index is -0.361. The molecule has 1 fully saturated rings. The molecule has 0 atom stereocenters. The molecule has 0 aromatic heterocycles. The maximum atomic E-state index is 12.0. The van der Waals surface area contributed by atoms with Crippen molar-refractivity contribution in [1.82, 2.24) is 15.1 Å². The van der Waals surface area contributed by atoms with Gasteiger partial charge in [-0.05, 0) is 24.6 Å².